The molecule has 0 saturated heterocycles. The quantitative estimate of drug-likeness (QED) is 0.792. The van der Waals surface area contributed by atoms with E-state index in [1.807, 2.05) is 0 Å². The van der Waals surface area contributed by atoms with Crippen LogP contribution in [-0.4, -0.2) is 12.6 Å². The first-order chi connectivity index (χ1) is 7.29. The molecule has 1 aromatic carbocycles. The van der Waals surface area contributed by atoms with E-state index in [0.29, 0.717) is 6.54 Å². The summed E-state index contributed by atoms with van der Waals surface area (Å²) in [5.41, 5.74) is 9.53. The molecule has 0 bridgehead atoms. The normalized spacial score (nSPS) is 22.4. The van der Waals surface area contributed by atoms with Gasteiger partial charge in [0.15, 0.2) is 0 Å². The molecule has 0 fully saturated rings. The predicted octanol–water partition coefficient (Wildman–Crippen LogP) is 2.09. The molecule has 0 aromatic heterocycles. The maximum absolute atomic E-state index is 6.26. The van der Waals surface area contributed by atoms with Gasteiger partial charge in [0.05, 0.1) is 0 Å². The monoisotopic (exact) mass is 223 g/mol. The summed E-state index contributed by atoms with van der Waals surface area (Å²) in [5.74, 6) is 1.09. The number of halogens is 1. The van der Waals surface area contributed by atoms with E-state index < -0.39 is 0 Å². The second-order valence-electron chi connectivity index (χ2n) is 4.34. The van der Waals surface area contributed by atoms with E-state index in [0.717, 1.165) is 30.0 Å². The van der Waals surface area contributed by atoms with E-state index in [2.05, 4.69) is 6.07 Å². The summed E-state index contributed by atoms with van der Waals surface area (Å²) in [6, 6.07) is 2.07. The van der Waals surface area contributed by atoms with Crippen molar-refractivity contribution < 1.29 is 4.74 Å². The van der Waals surface area contributed by atoms with Crippen LogP contribution < -0.4 is 10.5 Å². The zero-order valence-electron chi connectivity index (χ0n) is 8.55. The molecule has 1 aromatic rings. The van der Waals surface area contributed by atoms with Gasteiger partial charge in [0.2, 0.25) is 0 Å². The van der Waals surface area contributed by atoms with Crippen LogP contribution in [0.5, 0.6) is 5.75 Å². The summed E-state index contributed by atoms with van der Waals surface area (Å²) < 4.78 is 5.87. The van der Waals surface area contributed by atoms with Crippen molar-refractivity contribution in [3.63, 3.8) is 0 Å². The molecule has 1 unspecified atom stereocenters. The van der Waals surface area contributed by atoms with Gasteiger partial charge in [0, 0.05) is 18.0 Å². The Morgan fingerprint density at radius 3 is 3.00 bits per heavy atom. The molecule has 1 aliphatic heterocycles. The molecular formula is C12H14ClNO. The number of benzene rings is 1. The average Bonchev–Trinajstić information content (AvgIpc) is 2.80. The first-order valence-electron chi connectivity index (χ1n) is 5.49. The van der Waals surface area contributed by atoms with Gasteiger partial charge in [-0.05, 0) is 42.0 Å². The average molecular weight is 224 g/mol. The fraction of sp³-hybridized carbons (Fsp3) is 0.500. The number of hydrogen-bond acceptors (Lipinski definition) is 2. The number of nitrogens with two attached hydrogens (primary N) is 1. The third kappa shape index (κ3) is 1.35. The van der Waals surface area contributed by atoms with E-state index in [1.165, 1.54) is 23.1 Å². The van der Waals surface area contributed by atoms with Gasteiger partial charge in [-0.1, -0.05) is 11.6 Å². The van der Waals surface area contributed by atoms with E-state index in [4.69, 9.17) is 22.1 Å². The van der Waals surface area contributed by atoms with E-state index in [-0.39, 0.29) is 6.10 Å². The first-order valence-corrected chi connectivity index (χ1v) is 5.87. The Bertz CT molecular complexity index is 417. The molecular weight excluding hydrogens is 210 g/mol. The van der Waals surface area contributed by atoms with Gasteiger partial charge < -0.3 is 10.5 Å². The van der Waals surface area contributed by atoms with Gasteiger partial charge in [-0.25, -0.2) is 0 Å². The fourth-order valence-corrected chi connectivity index (χ4v) is 2.98. The van der Waals surface area contributed by atoms with Crippen molar-refractivity contribution in [3.8, 4) is 5.75 Å². The van der Waals surface area contributed by atoms with E-state index in [9.17, 15) is 0 Å². The van der Waals surface area contributed by atoms with Crippen molar-refractivity contribution in [2.24, 2.45) is 5.73 Å². The van der Waals surface area contributed by atoms with Crippen molar-refractivity contribution in [2.75, 3.05) is 6.54 Å². The Morgan fingerprint density at radius 2 is 2.20 bits per heavy atom. The molecule has 1 heterocycles. The Balaban J connectivity index is 2.11. The first kappa shape index (κ1) is 9.49. The van der Waals surface area contributed by atoms with Gasteiger partial charge in [0.25, 0.3) is 0 Å². The Morgan fingerprint density at radius 1 is 1.40 bits per heavy atom. The highest BCUT2D eigenvalue weighted by Crippen LogP contribution is 2.42. The van der Waals surface area contributed by atoms with Gasteiger partial charge in [0.1, 0.15) is 11.9 Å². The Hall–Kier alpha value is -0.730. The molecule has 2 aliphatic rings. The third-order valence-electron chi connectivity index (χ3n) is 3.37. The van der Waals surface area contributed by atoms with Gasteiger partial charge in [-0.2, -0.15) is 0 Å². The lowest BCUT2D eigenvalue weighted by Crippen LogP contribution is -2.24. The van der Waals surface area contributed by atoms with Crippen LogP contribution in [0.2, 0.25) is 5.02 Å². The number of fused-ring (bicyclic) bond motifs is 3. The van der Waals surface area contributed by atoms with Crippen molar-refractivity contribution in [3.05, 3.63) is 27.8 Å². The minimum Gasteiger partial charge on any atom is -0.488 e. The predicted molar refractivity (Wildman–Crippen MR) is 60.7 cm³/mol. The highest BCUT2D eigenvalue weighted by Gasteiger charge is 2.29. The molecule has 0 radical (unpaired) electrons. The second kappa shape index (κ2) is 3.39. The highest BCUT2D eigenvalue weighted by molar-refractivity contribution is 6.31. The Labute approximate surface area is 94.4 Å². The third-order valence-corrected chi connectivity index (χ3v) is 3.71. The van der Waals surface area contributed by atoms with Crippen LogP contribution in [0, 0.1) is 0 Å². The summed E-state index contributed by atoms with van der Waals surface area (Å²) in [4.78, 5) is 0. The molecule has 15 heavy (non-hydrogen) atoms. The molecule has 80 valence electrons. The maximum atomic E-state index is 6.26. The van der Waals surface area contributed by atoms with Crippen LogP contribution in [0.3, 0.4) is 0 Å². The van der Waals surface area contributed by atoms with Crippen LogP contribution >= 0.6 is 11.6 Å². The molecule has 3 rings (SSSR count). The summed E-state index contributed by atoms with van der Waals surface area (Å²) >= 11 is 6.26. The van der Waals surface area contributed by atoms with Crippen molar-refractivity contribution >= 4 is 11.6 Å². The molecule has 0 saturated carbocycles. The highest BCUT2D eigenvalue weighted by atomic mass is 35.5. The molecule has 0 spiro atoms. The van der Waals surface area contributed by atoms with Crippen molar-refractivity contribution in [1.29, 1.82) is 0 Å². The summed E-state index contributed by atoms with van der Waals surface area (Å²) in [5, 5.41) is 0.919. The lowest BCUT2D eigenvalue weighted by atomic mass is 10.0. The number of rotatable bonds is 1. The summed E-state index contributed by atoms with van der Waals surface area (Å²) in [6.07, 6.45) is 4.47. The summed E-state index contributed by atoms with van der Waals surface area (Å²) in [7, 11) is 0. The van der Waals surface area contributed by atoms with Crippen molar-refractivity contribution in [1.82, 2.24) is 0 Å². The minimum absolute atomic E-state index is 0.156. The molecule has 1 aliphatic carbocycles. The van der Waals surface area contributed by atoms with E-state index >= 15 is 0 Å². The maximum Gasteiger partial charge on any atom is 0.126 e. The van der Waals surface area contributed by atoms with Gasteiger partial charge >= 0.3 is 0 Å². The number of hydrogen-bond donors (Lipinski definition) is 1. The second-order valence-corrected chi connectivity index (χ2v) is 4.74. The Kier molecular flexibility index (Phi) is 2.15. The zero-order valence-corrected chi connectivity index (χ0v) is 9.31. The fourth-order valence-electron chi connectivity index (χ4n) is 2.64. The summed E-state index contributed by atoms with van der Waals surface area (Å²) in [6.45, 7) is 0.584. The lowest BCUT2D eigenvalue weighted by molar-refractivity contribution is 0.239. The molecule has 2 N–H and O–H groups in total. The van der Waals surface area contributed by atoms with Gasteiger partial charge in [-0.15, -0.1) is 0 Å². The van der Waals surface area contributed by atoms with Crippen molar-refractivity contribution in [2.45, 2.75) is 31.8 Å². The molecule has 2 nitrogen and oxygen atoms in total. The van der Waals surface area contributed by atoms with Crippen LogP contribution in [-0.2, 0) is 19.3 Å². The van der Waals surface area contributed by atoms with Gasteiger partial charge in [-0.3, -0.25) is 0 Å². The topological polar surface area (TPSA) is 35.2 Å². The molecule has 1 atom stereocenters. The number of ether oxygens (including phenoxy) is 1. The van der Waals surface area contributed by atoms with Crippen LogP contribution in [0.25, 0.3) is 0 Å². The lowest BCUT2D eigenvalue weighted by Gasteiger charge is -2.10. The van der Waals surface area contributed by atoms with Crippen LogP contribution in [0.1, 0.15) is 23.1 Å². The minimum atomic E-state index is 0.156. The SMILES string of the molecule is NCC1Cc2cc(Cl)c3c(c2O1)CCC3. The van der Waals surface area contributed by atoms with E-state index in [1.54, 1.807) is 0 Å². The van der Waals surface area contributed by atoms with Crippen LogP contribution in [0.15, 0.2) is 6.07 Å². The molecule has 3 heteroatoms. The van der Waals surface area contributed by atoms with Crippen LogP contribution in [0.4, 0.5) is 0 Å². The molecule has 0 amide bonds. The smallest absolute Gasteiger partial charge is 0.126 e. The standard InChI is InChI=1S/C12H14ClNO/c13-11-5-7-4-8(6-14)15-12(7)10-3-1-2-9(10)11/h5,8H,1-4,6,14H2. The largest absolute Gasteiger partial charge is 0.488 e. The zero-order chi connectivity index (χ0) is 10.4.